The number of aliphatic hydroxyl groups excluding tert-OH is 7. The van der Waals surface area contributed by atoms with Gasteiger partial charge < -0.3 is 64.2 Å². The lowest BCUT2D eigenvalue weighted by Crippen LogP contribution is -2.61. The Kier molecular flexibility index (Phi) is 46.0. The van der Waals surface area contributed by atoms with Crippen molar-refractivity contribution in [3.63, 3.8) is 0 Å². The van der Waals surface area contributed by atoms with Gasteiger partial charge in [0.05, 0.1) is 26.4 Å². The smallest absolute Gasteiger partial charge is 0.306 e. The lowest BCUT2D eigenvalue weighted by Gasteiger charge is -2.42. The Morgan fingerprint density at radius 1 is 0.436 bits per heavy atom. The molecule has 14 heteroatoms. The molecule has 0 bridgehead atoms. The van der Waals surface area contributed by atoms with Gasteiger partial charge in [-0.3, -0.25) is 4.79 Å². The first-order valence-electron chi connectivity index (χ1n) is 31.0. The van der Waals surface area contributed by atoms with Crippen molar-refractivity contribution in [2.75, 3.05) is 33.0 Å². The van der Waals surface area contributed by atoms with Crippen LogP contribution in [0.4, 0.5) is 0 Å². The molecule has 0 amide bonds. The van der Waals surface area contributed by atoms with Gasteiger partial charge in [0, 0.05) is 13.0 Å². The molecule has 2 saturated heterocycles. The predicted octanol–water partition coefficient (Wildman–Crippen LogP) is 11.8. The van der Waals surface area contributed by atoms with Gasteiger partial charge in [0.1, 0.15) is 54.9 Å². The monoisotopic (exact) mass is 1100 g/mol. The largest absolute Gasteiger partial charge is 0.457 e. The number of carbonyl (C=O) groups excluding carboxylic acids is 1. The standard InChI is InChI=1S/C64H112O14/c1-3-5-7-9-11-13-15-17-19-21-23-24-25-26-27-28-29-31-33-35-37-39-41-43-45-47-56(66)76-53(50-73-48-46-44-42-40-38-36-34-32-30-22-20-18-16-14-12-10-8-6-4-2)51-74-63-62(72)60(70)58(68)55(78-63)52-75-64-61(71)59(69)57(67)54(49-65)77-64/h5,7,11,13,17,19,23-24,26-27,29,31,53-55,57-65,67-72H,3-4,6,8-10,12,14-16,18,20-22,25,28,30,32-52H2,1-2H3/b7-5-,13-11-,19-17-,24-23-,27-26-,31-29-. The summed E-state index contributed by atoms with van der Waals surface area (Å²) < 4.78 is 34.4. The van der Waals surface area contributed by atoms with Crippen LogP contribution in [0.25, 0.3) is 0 Å². The molecule has 14 nitrogen and oxygen atoms in total. The van der Waals surface area contributed by atoms with Crippen molar-refractivity contribution >= 4 is 5.97 Å². The first-order chi connectivity index (χ1) is 38.1. The topological polar surface area (TPSA) is 214 Å². The van der Waals surface area contributed by atoms with E-state index in [1.165, 1.54) is 103 Å². The van der Waals surface area contributed by atoms with Gasteiger partial charge in [-0.05, 0) is 64.2 Å². The number of carbonyl (C=O) groups is 1. The molecule has 78 heavy (non-hydrogen) atoms. The minimum atomic E-state index is -1.71. The number of hydrogen-bond acceptors (Lipinski definition) is 14. The fourth-order valence-electron chi connectivity index (χ4n) is 9.53. The summed E-state index contributed by atoms with van der Waals surface area (Å²) in [5, 5.41) is 72.4. The molecule has 11 atom stereocenters. The number of aliphatic hydroxyl groups is 7. The molecule has 452 valence electrons. The minimum absolute atomic E-state index is 0.0548. The number of rotatable bonds is 50. The molecule has 2 fully saturated rings. The van der Waals surface area contributed by atoms with E-state index in [4.69, 9.17) is 28.4 Å². The van der Waals surface area contributed by atoms with E-state index in [0.29, 0.717) is 13.0 Å². The number of ether oxygens (including phenoxy) is 6. The zero-order chi connectivity index (χ0) is 56.5. The van der Waals surface area contributed by atoms with Crippen molar-refractivity contribution in [2.45, 2.75) is 293 Å². The van der Waals surface area contributed by atoms with Crippen LogP contribution in [0.3, 0.4) is 0 Å². The summed E-state index contributed by atoms with van der Waals surface area (Å²) in [7, 11) is 0. The fourth-order valence-corrected chi connectivity index (χ4v) is 9.53. The summed E-state index contributed by atoms with van der Waals surface area (Å²) in [5.74, 6) is -0.389. The molecule has 2 aliphatic rings. The van der Waals surface area contributed by atoms with Crippen molar-refractivity contribution in [2.24, 2.45) is 0 Å². The van der Waals surface area contributed by atoms with Crippen molar-refractivity contribution in [1.82, 2.24) is 0 Å². The lowest BCUT2D eigenvalue weighted by molar-refractivity contribution is -0.332. The fraction of sp³-hybridized carbons (Fsp3) is 0.797. The van der Waals surface area contributed by atoms with Crippen LogP contribution in [-0.4, -0.2) is 142 Å². The highest BCUT2D eigenvalue weighted by Crippen LogP contribution is 2.27. The van der Waals surface area contributed by atoms with E-state index in [1.54, 1.807) is 0 Å². The van der Waals surface area contributed by atoms with Gasteiger partial charge in [0.2, 0.25) is 0 Å². The average Bonchev–Trinajstić information content (AvgIpc) is 3.44. The summed E-state index contributed by atoms with van der Waals surface area (Å²) in [6.07, 6.45) is 48.1. The Morgan fingerprint density at radius 3 is 1.31 bits per heavy atom. The zero-order valence-corrected chi connectivity index (χ0v) is 48.6. The third-order valence-electron chi connectivity index (χ3n) is 14.5. The molecule has 0 radical (unpaired) electrons. The maximum atomic E-state index is 13.1. The first-order valence-corrected chi connectivity index (χ1v) is 31.0. The SMILES string of the molecule is CC/C=C\C/C=C\C/C=C\C/C=C\C/C=C\C/C=C\CCCCCCCCC(=O)OC(COCCCCCCCCCCCCCCCCCCCCC)COC1OC(COC2OC(CO)C(O)C(O)C2O)C(O)C(O)C1O. The van der Waals surface area contributed by atoms with Gasteiger partial charge in [-0.15, -0.1) is 0 Å². The first kappa shape index (κ1) is 71.5. The van der Waals surface area contributed by atoms with Crippen LogP contribution in [-0.2, 0) is 33.2 Å². The highest BCUT2D eigenvalue weighted by molar-refractivity contribution is 5.69. The van der Waals surface area contributed by atoms with E-state index in [2.05, 4.69) is 86.8 Å². The number of hydrogen-bond donors (Lipinski definition) is 7. The molecule has 2 heterocycles. The highest BCUT2D eigenvalue weighted by Gasteiger charge is 2.47. The van der Waals surface area contributed by atoms with Crippen molar-refractivity contribution in [3.05, 3.63) is 72.9 Å². The Labute approximate surface area is 472 Å². The lowest BCUT2D eigenvalue weighted by atomic mass is 9.98. The zero-order valence-electron chi connectivity index (χ0n) is 48.6. The van der Waals surface area contributed by atoms with Crippen molar-refractivity contribution < 1.29 is 69.0 Å². The molecular weight excluding hydrogens is 993 g/mol. The Bertz CT molecular complexity index is 1560. The molecule has 0 saturated carbocycles. The number of unbranched alkanes of at least 4 members (excludes halogenated alkanes) is 24. The van der Waals surface area contributed by atoms with Gasteiger partial charge in [-0.2, -0.15) is 0 Å². The predicted molar refractivity (Wildman–Crippen MR) is 312 cm³/mol. The van der Waals surface area contributed by atoms with Crippen LogP contribution in [0, 0.1) is 0 Å². The van der Waals surface area contributed by atoms with Crippen molar-refractivity contribution in [3.8, 4) is 0 Å². The molecule has 7 N–H and O–H groups in total. The molecule has 0 aromatic carbocycles. The van der Waals surface area contributed by atoms with Gasteiger partial charge in [-0.25, -0.2) is 0 Å². The number of allylic oxidation sites excluding steroid dienone is 12. The molecule has 2 aliphatic heterocycles. The Morgan fingerprint density at radius 2 is 0.833 bits per heavy atom. The molecule has 11 unspecified atom stereocenters. The molecule has 2 rings (SSSR count). The maximum Gasteiger partial charge on any atom is 0.306 e. The molecule has 0 spiro atoms. The van der Waals surface area contributed by atoms with Gasteiger partial charge in [-0.1, -0.05) is 228 Å². The third-order valence-corrected chi connectivity index (χ3v) is 14.5. The summed E-state index contributed by atoms with van der Waals surface area (Å²) >= 11 is 0. The Hall–Kier alpha value is -2.57. The molecule has 0 aliphatic carbocycles. The summed E-state index contributed by atoms with van der Waals surface area (Å²) in [4.78, 5) is 13.1. The van der Waals surface area contributed by atoms with E-state index in [-0.39, 0.29) is 25.6 Å². The second-order valence-electron chi connectivity index (χ2n) is 21.5. The van der Waals surface area contributed by atoms with Crippen LogP contribution in [0.1, 0.15) is 226 Å². The minimum Gasteiger partial charge on any atom is -0.457 e. The van der Waals surface area contributed by atoms with E-state index in [0.717, 1.165) is 96.3 Å². The molecule has 0 aromatic heterocycles. The highest BCUT2D eigenvalue weighted by atomic mass is 16.7. The van der Waals surface area contributed by atoms with E-state index >= 15 is 0 Å². The van der Waals surface area contributed by atoms with Crippen molar-refractivity contribution in [1.29, 1.82) is 0 Å². The van der Waals surface area contributed by atoms with Crippen LogP contribution >= 0.6 is 0 Å². The number of esters is 1. The van der Waals surface area contributed by atoms with Gasteiger partial charge >= 0.3 is 5.97 Å². The van der Waals surface area contributed by atoms with Crippen LogP contribution in [0.2, 0.25) is 0 Å². The van der Waals surface area contributed by atoms with Gasteiger partial charge in [0.25, 0.3) is 0 Å². The second kappa shape index (κ2) is 50.2. The van der Waals surface area contributed by atoms with E-state index < -0.39 is 80.7 Å². The van der Waals surface area contributed by atoms with E-state index in [9.17, 15) is 40.5 Å². The molecular formula is C64H112O14. The van der Waals surface area contributed by atoms with E-state index in [1.807, 2.05) is 0 Å². The second-order valence-corrected chi connectivity index (χ2v) is 21.5. The summed E-state index contributed by atoms with van der Waals surface area (Å²) in [6, 6.07) is 0. The summed E-state index contributed by atoms with van der Waals surface area (Å²) in [6.45, 7) is 3.58. The normalized spacial score (nSPS) is 24.6. The van der Waals surface area contributed by atoms with Gasteiger partial charge in [0.15, 0.2) is 12.6 Å². The average molecular weight is 1110 g/mol. The third kappa shape index (κ3) is 36.0. The quantitative estimate of drug-likeness (QED) is 0.0172. The summed E-state index contributed by atoms with van der Waals surface area (Å²) in [5.41, 5.74) is 0. The molecule has 0 aromatic rings. The van der Waals surface area contributed by atoms with Crippen LogP contribution in [0.15, 0.2) is 72.9 Å². The maximum absolute atomic E-state index is 13.1. The Balaban J connectivity index is 1.70. The van der Waals surface area contributed by atoms with Crippen LogP contribution < -0.4 is 0 Å². The van der Waals surface area contributed by atoms with Crippen LogP contribution in [0.5, 0.6) is 0 Å².